The summed E-state index contributed by atoms with van der Waals surface area (Å²) in [6.45, 7) is 2.02. The SMILES string of the molecule is Cc1ccc2c(=O)c3ccccc3[nH]c2c1. The second kappa shape index (κ2) is 3.20. The van der Waals surface area contributed by atoms with Gasteiger partial charge >= 0.3 is 0 Å². The van der Waals surface area contributed by atoms with E-state index in [2.05, 4.69) is 4.98 Å². The van der Waals surface area contributed by atoms with Crippen molar-refractivity contribution in [2.24, 2.45) is 0 Å². The van der Waals surface area contributed by atoms with Gasteiger partial charge in [-0.3, -0.25) is 4.79 Å². The zero-order valence-corrected chi connectivity index (χ0v) is 8.95. The van der Waals surface area contributed by atoms with E-state index in [0.29, 0.717) is 0 Å². The van der Waals surface area contributed by atoms with Crippen molar-refractivity contribution in [1.29, 1.82) is 0 Å². The minimum absolute atomic E-state index is 0.101. The standard InChI is InChI=1S/C14H11NO/c1-9-6-7-11-13(8-9)15-12-5-3-2-4-10(12)14(11)16/h2-8H,1H3,(H,15,16). The van der Waals surface area contributed by atoms with Gasteiger partial charge in [-0.15, -0.1) is 0 Å². The first-order valence-electron chi connectivity index (χ1n) is 5.27. The zero-order valence-electron chi connectivity index (χ0n) is 8.95. The van der Waals surface area contributed by atoms with E-state index in [-0.39, 0.29) is 5.43 Å². The molecule has 3 rings (SSSR count). The highest BCUT2D eigenvalue weighted by Gasteiger charge is 2.03. The van der Waals surface area contributed by atoms with Crippen LogP contribution in [0.25, 0.3) is 21.8 Å². The molecule has 1 aromatic heterocycles. The minimum atomic E-state index is 0.101. The Morgan fingerprint density at radius 3 is 2.56 bits per heavy atom. The van der Waals surface area contributed by atoms with E-state index < -0.39 is 0 Å². The van der Waals surface area contributed by atoms with Crippen LogP contribution in [0, 0.1) is 6.92 Å². The number of aryl methyl sites for hydroxylation is 1. The number of H-pyrrole nitrogens is 1. The van der Waals surface area contributed by atoms with Gasteiger partial charge in [-0.25, -0.2) is 0 Å². The minimum Gasteiger partial charge on any atom is -0.354 e. The van der Waals surface area contributed by atoms with Crippen molar-refractivity contribution in [3.8, 4) is 0 Å². The van der Waals surface area contributed by atoms with Crippen molar-refractivity contribution in [2.45, 2.75) is 6.92 Å². The lowest BCUT2D eigenvalue weighted by Gasteiger charge is -2.02. The molecule has 0 aliphatic heterocycles. The third-order valence-electron chi connectivity index (χ3n) is 2.86. The molecule has 0 fully saturated rings. The van der Waals surface area contributed by atoms with Crippen LogP contribution in [0.1, 0.15) is 5.56 Å². The molecule has 78 valence electrons. The Labute approximate surface area is 92.5 Å². The van der Waals surface area contributed by atoms with Crippen LogP contribution in [0.5, 0.6) is 0 Å². The number of pyridine rings is 1. The average Bonchev–Trinajstić information content (AvgIpc) is 2.29. The molecule has 0 radical (unpaired) electrons. The number of hydrogen-bond acceptors (Lipinski definition) is 1. The van der Waals surface area contributed by atoms with Gasteiger partial charge in [0.1, 0.15) is 0 Å². The van der Waals surface area contributed by atoms with Gasteiger partial charge in [-0.05, 0) is 36.8 Å². The first kappa shape index (κ1) is 9.16. The van der Waals surface area contributed by atoms with Crippen molar-refractivity contribution in [2.75, 3.05) is 0 Å². The van der Waals surface area contributed by atoms with Crippen molar-refractivity contribution < 1.29 is 0 Å². The predicted molar refractivity (Wildman–Crippen MR) is 66.8 cm³/mol. The van der Waals surface area contributed by atoms with Gasteiger partial charge < -0.3 is 4.98 Å². The summed E-state index contributed by atoms with van der Waals surface area (Å²) in [5.74, 6) is 0. The van der Waals surface area contributed by atoms with Crippen molar-refractivity contribution in [1.82, 2.24) is 4.98 Å². The fraction of sp³-hybridized carbons (Fsp3) is 0.0714. The molecule has 0 spiro atoms. The Balaban J connectivity index is 2.61. The van der Waals surface area contributed by atoms with Gasteiger partial charge in [0.2, 0.25) is 0 Å². The molecule has 2 nitrogen and oxygen atoms in total. The van der Waals surface area contributed by atoms with Crippen LogP contribution in [0.2, 0.25) is 0 Å². The van der Waals surface area contributed by atoms with Crippen LogP contribution in [0.3, 0.4) is 0 Å². The zero-order chi connectivity index (χ0) is 11.1. The number of benzene rings is 2. The second-order valence-electron chi connectivity index (χ2n) is 4.05. The van der Waals surface area contributed by atoms with Crippen molar-refractivity contribution in [3.05, 3.63) is 58.3 Å². The lowest BCUT2D eigenvalue weighted by Crippen LogP contribution is -2.03. The van der Waals surface area contributed by atoms with Gasteiger partial charge in [-0.1, -0.05) is 18.2 Å². The van der Waals surface area contributed by atoms with Crippen LogP contribution in [-0.2, 0) is 0 Å². The number of aromatic nitrogens is 1. The molecule has 0 unspecified atom stereocenters. The monoisotopic (exact) mass is 209 g/mol. The number of hydrogen-bond donors (Lipinski definition) is 1. The van der Waals surface area contributed by atoms with E-state index >= 15 is 0 Å². The number of para-hydroxylation sites is 1. The Hall–Kier alpha value is -2.09. The molecule has 0 aliphatic carbocycles. The highest BCUT2D eigenvalue weighted by Crippen LogP contribution is 2.15. The van der Waals surface area contributed by atoms with Crippen LogP contribution < -0.4 is 5.43 Å². The largest absolute Gasteiger partial charge is 0.354 e. The smallest absolute Gasteiger partial charge is 0.197 e. The molecule has 3 aromatic rings. The Kier molecular flexibility index (Phi) is 1.83. The number of nitrogens with one attached hydrogen (secondary N) is 1. The molecule has 16 heavy (non-hydrogen) atoms. The molecule has 0 amide bonds. The van der Waals surface area contributed by atoms with Gasteiger partial charge in [0.05, 0.1) is 0 Å². The van der Waals surface area contributed by atoms with Crippen molar-refractivity contribution >= 4 is 21.8 Å². The summed E-state index contributed by atoms with van der Waals surface area (Å²) in [6, 6.07) is 13.5. The molecule has 0 atom stereocenters. The summed E-state index contributed by atoms with van der Waals surface area (Å²) in [4.78, 5) is 15.5. The second-order valence-corrected chi connectivity index (χ2v) is 4.05. The first-order chi connectivity index (χ1) is 7.75. The quantitative estimate of drug-likeness (QED) is 0.567. The highest BCUT2D eigenvalue weighted by molar-refractivity contribution is 5.92. The lowest BCUT2D eigenvalue weighted by molar-refractivity contribution is 1.43. The summed E-state index contributed by atoms with van der Waals surface area (Å²) in [5.41, 5.74) is 3.05. The van der Waals surface area contributed by atoms with Gasteiger partial charge in [0.15, 0.2) is 5.43 Å². The predicted octanol–water partition coefficient (Wildman–Crippen LogP) is 2.99. The summed E-state index contributed by atoms with van der Waals surface area (Å²) in [7, 11) is 0. The molecular weight excluding hydrogens is 198 g/mol. The van der Waals surface area contributed by atoms with E-state index in [4.69, 9.17) is 0 Å². The van der Waals surface area contributed by atoms with E-state index in [9.17, 15) is 4.79 Å². The fourth-order valence-corrected chi connectivity index (χ4v) is 2.04. The van der Waals surface area contributed by atoms with Crippen LogP contribution in [0.15, 0.2) is 47.3 Å². The lowest BCUT2D eigenvalue weighted by atomic mass is 10.1. The van der Waals surface area contributed by atoms with Gasteiger partial charge in [0.25, 0.3) is 0 Å². The molecule has 0 saturated carbocycles. The number of aromatic amines is 1. The molecule has 0 bridgehead atoms. The molecule has 1 N–H and O–H groups in total. The normalized spacial score (nSPS) is 11.1. The highest BCUT2D eigenvalue weighted by atomic mass is 16.1. The van der Waals surface area contributed by atoms with Gasteiger partial charge in [-0.2, -0.15) is 0 Å². The van der Waals surface area contributed by atoms with Crippen molar-refractivity contribution in [3.63, 3.8) is 0 Å². The van der Waals surface area contributed by atoms with Crippen LogP contribution in [0.4, 0.5) is 0 Å². The third kappa shape index (κ3) is 1.23. The summed E-state index contributed by atoms with van der Waals surface area (Å²) in [5, 5.41) is 1.50. The van der Waals surface area contributed by atoms with E-state index in [0.717, 1.165) is 27.4 Å². The Morgan fingerprint density at radius 1 is 0.938 bits per heavy atom. The molecule has 2 aromatic carbocycles. The molecule has 2 heteroatoms. The van der Waals surface area contributed by atoms with Gasteiger partial charge in [0, 0.05) is 21.8 Å². The average molecular weight is 209 g/mol. The molecule has 0 saturated heterocycles. The van der Waals surface area contributed by atoms with E-state index in [1.165, 1.54) is 0 Å². The number of rotatable bonds is 0. The van der Waals surface area contributed by atoms with E-state index in [1.807, 2.05) is 49.4 Å². The van der Waals surface area contributed by atoms with Crippen LogP contribution in [-0.4, -0.2) is 4.98 Å². The summed E-state index contributed by atoms with van der Waals surface area (Å²) < 4.78 is 0. The Morgan fingerprint density at radius 2 is 1.69 bits per heavy atom. The summed E-state index contributed by atoms with van der Waals surface area (Å²) >= 11 is 0. The van der Waals surface area contributed by atoms with Crippen LogP contribution >= 0.6 is 0 Å². The third-order valence-corrected chi connectivity index (χ3v) is 2.86. The van der Waals surface area contributed by atoms with E-state index in [1.54, 1.807) is 0 Å². The number of fused-ring (bicyclic) bond motifs is 2. The Bertz CT molecular complexity index is 740. The molecular formula is C14H11NO. The maximum atomic E-state index is 12.2. The topological polar surface area (TPSA) is 32.9 Å². The fourth-order valence-electron chi connectivity index (χ4n) is 2.04. The maximum absolute atomic E-state index is 12.2. The molecule has 0 aliphatic rings. The summed E-state index contributed by atoms with van der Waals surface area (Å²) in [6.07, 6.45) is 0. The first-order valence-corrected chi connectivity index (χ1v) is 5.27. The maximum Gasteiger partial charge on any atom is 0.197 e. The molecule has 1 heterocycles.